The smallest absolute Gasteiger partial charge is 0.341 e. The Kier molecular flexibility index (Phi) is 4.67. The topological polar surface area (TPSA) is 115 Å². The lowest BCUT2D eigenvalue weighted by Gasteiger charge is -2.39. The van der Waals surface area contributed by atoms with Crippen molar-refractivity contribution in [3.8, 4) is 5.69 Å². The number of aromatic carboxylic acids is 1. The van der Waals surface area contributed by atoms with Gasteiger partial charge in [-0.2, -0.15) is 0 Å². The molecule has 0 spiro atoms. The van der Waals surface area contributed by atoms with E-state index in [1.54, 1.807) is 11.8 Å². The van der Waals surface area contributed by atoms with Gasteiger partial charge in [-0.3, -0.25) is 4.79 Å². The van der Waals surface area contributed by atoms with Gasteiger partial charge < -0.3 is 26.0 Å². The monoisotopic (exact) mass is 434 g/mol. The highest BCUT2D eigenvalue weighted by Gasteiger charge is 2.30. The summed E-state index contributed by atoms with van der Waals surface area (Å²) in [4.78, 5) is 26.0. The van der Waals surface area contributed by atoms with Crippen LogP contribution < -0.4 is 21.8 Å². The number of carboxylic acids is 1. The van der Waals surface area contributed by atoms with Crippen molar-refractivity contribution in [1.29, 1.82) is 0 Å². The van der Waals surface area contributed by atoms with Crippen molar-refractivity contribution >= 4 is 39.8 Å². The summed E-state index contributed by atoms with van der Waals surface area (Å²) in [7, 11) is 0. The first-order chi connectivity index (χ1) is 14.1. The maximum Gasteiger partial charge on any atom is 0.341 e. The Labute approximate surface area is 174 Å². The molecule has 2 heterocycles. The zero-order chi connectivity index (χ0) is 21.9. The van der Waals surface area contributed by atoms with Crippen LogP contribution in [0.25, 0.3) is 16.6 Å². The molecule has 0 aliphatic carbocycles. The number of nitrogens with zero attached hydrogens (tertiary/aromatic N) is 2. The summed E-state index contributed by atoms with van der Waals surface area (Å²) in [5, 5.41) is 9.19. The first kappa shape index (κ1) is 20.1. The summed E-state index contributed by atoms with van der Waals surface area (Å²) in [6, 6.07) is 3.32. The fourth-order valence-electron chi connectivity index (χ4n) is 3.67. The van der Waals surface area contributed by atoms with Gasteiger partial charge in [0.1, 0.15) is 17.2 Å². The molecule has 0 amide bonds. The van der Waals surface area contributed by atoms with Gasteiger partial charge in [-0.15, -0.1) is 0 Å². The molecule has 10 heteroatoms. The number of aryl methyl sites for hydroxylation is 1. The standard InChI is InChI=1S/C20H17ClF2N4O3/c1-8-2-12(22)14(25)4-15(8)27-7-11(20(29)30)19(28)10-3-13(23)18(16(21)17(10)27)26-5-9(24)6-26/h2-4,7,9H,5-6,24-25H2,1H3,(H,29,30). The fourth-order valence-corrected chi connectivity index (χ4v) is 4.07. The lowest BCUT2D eigenvalue weighted by atomic mass is 10.0. The van der Waals surface area contributed by atoms with Crippen LogP contribution in [0.15, 0.2) is 29.2 Å². The minimum absolute atomic E-state index is 0.0647. The highest BCUT2D eigenvalue weighted by molar-refractivity contribution is 6.38. The van der Waals surface area contributed by atoms with E-state index in [4.69, 9.17) is 23.1 Å². The van der Waals surface area contributed by atoms with E-state index in [0.717, 1.165) is 12.3 Å². The summed E-state index contributed by atoms with van der Waals surface area (Å²) in [6.45, 7) is 2.35. The molecule has 7 nitrogen and oxygen atoms in total. The second kappa shape index (κ2) is 6.96. The lowest BCUT2D eigenvalue weighted by molar-refractivity contribution is 0.0695. The largest absolute Gasteiger partial charge is 0.477 e. The van der Waals surface area contributed by atoms with Gasteiger partial charge in [0.05, 0.1) is 33.0 Å². The van der Waals surface area contributed by atoms with Crippen LogP contribution in [-0.2, 0) is 0 Å². The predicted molar refractivity (Wildman–Crippen MR) is 111 cm³/mol. The average molecular weight is 435 g/mol. The van der Waals surface area contributed by atoms with Gasteiger partial charge in [0.25, 0.3) is 0 Å². The number of fused-ring (bicyclic) bond motifs is 1. The highest BCUT2D eigenvalue weighted by Crippen LogP contribution is 2.38. The molecule has 0 saturated carbocycles. The van der Waals surface area contributed by atoms with E-state index >= 15 is 0 Å². The zero-order valence-corrected chi connectivity index (χ0v) is 16.5. The number of nitrogens with two attached hydrogens (primary N) is 2. The minimum Gasteiger partial charge on any atom is -0.477 e. The van der Waals surface area contributed by atoms with Crippen LogP contribution in [0.3, 0.4) is 0 Å². The van der Waals surface area contributed by atoms with Crippen molar-refractivity contribution in [1.82, 2.24) is 4.57 Å². The lowest BCUT2D eigenvalue weighted by Crippen LogP contribution is -2.56. The van der Waals surface area contributed by atoms with E-state index < -0.39 is 28.6 Å². The van der Waals surface area contributed by atoms with Crippen molar-refractivity contribution in [2.75, 3.05) is 23.7 Å². The van der Waals surface area contributed by atoms with Crippen LogP contribution in [0.4, 0.5) is 20.2 Å². The SMILES string of the molecule is Cc1cc(F)c(N)cc1-n1cc(C(=O)O)c(=O)c2cc(F)c(N3CC(N)C3)c(Cl)c21. The van der Waals surface area contributed by atoms with Crippen molar-refractivity contribution in [3.63, 3.8) is 0 Å². The van der Waals surface area contributed by atoms with Crippen molar-refractivity contribution in [3.05, 3.63) is 62.4 Å². The third kappa shape index (κ3) is 2.98. The molecule has 4 rings (SSSR count). The molecule has 0 bridgehead atoms. The van der Waals surface area contributed by atoms with E-state index in [9.17, 15) is 23.5 Å². The molecule has 0 unspecified atom stereocenters. The Bertz CT molecular complexity index is 1290. The maximum atomic E-state index is 14.9. The minimum atomic E-state index is -1.49. The first-order valence-electron chi connectivity index (χ1n) is 8.97. The molecular formula is C20H17ClF2N4O3. The molecule has 156 valence electrons. The van der Waals surface area contributed by atoms with E-state index in [1.807, 2.05) is 0 Å². The molecule has 1 fully saturated rings. The molecular weight excluding hydrogens is 418 g/mol. The van der Waals surface area contributed by atoms with Gasteiger partial charge in [-0.05, 0) is 30.7 Å². The van der Waals surface area contributed by atoms with Gasteiger partial charge in [0.2, 0.25) is 5.43 Å². The van der Waals surface area contributed by atoms with Crippen LogP contribution in [-0.4, -0.2) is 34.8 Å². The Morgan fingerprint density at radius 1 is 1.23 bits per heavy atom. The fraction of sp³-hybridized carbons (Fsp3) is 0.200. The normalized spacial score (nSPS) is 14.2. The number of halogens is 3. The van der Waals surface area contributed by atoms with Crippen LogP contribution >= 0.6 is 11.6 Å². The molecule has 30 heavy (non-hydrogen) atoms. The van der Waals surface area contributed by atoms with Crippen molar-refractivity contribution < 1.29 is 18.7 Å². The molecule has 1 aliphatic heterocycles. The number of pyridine rings is 1. The van der Waals surface area contributed by atoms with Gasteiger partial charge in [-0.1, -0.05) is 11.6 Å². The Hall–Kier alpha value is -3.17. The predicted octanol–water partition coefficient (Wildman–Crippen LogP) is 2.66. The summed E-state index contributed by atoms with van der Waals surface area (Å²) >= 11 is 6.55. The van der Waals surface area contributed by atoms with Crippen LogP contribution in [0.1, 0.15) is 15.9 Å². The quantitative estimate of drug-likeness (QED) is 0.546. The number of nitrogen functional groups attached to an aromatic ring is 1. The van der Waals surface area contributed by atoms with E-state index in [-0.39, 0.29) is 33.3 Å². The molecule has 1 saturated heterocycles. The van der Waals surface area contributed by atoms with Crippen molar-refractivity contribution in [2.24, 2.45) is 5.73 Å². The van der Waals surface area contributed by atoms with E-state index in [1.165, 1.54) is 16.7 Å². The van der Waals surface area contributed by atoms with Gasteiger partial charge >= 0.3 is 5.97 Å². The summed E-state index contributed by atoms with van der Waals surface area (Å²) in [6.07, 6.45) is 1.09. The molecule has 0 atom stereocenters. The summed E-state index contributed by atoms with van der Waals surface area (Å²) in [5.74, 6) is -2.90. The maximum absolute atomic E-state index is 14.9. The third-order valence-electron chi connectivity index (χ3n) is 5.19. The zero-order valence-electron chi connectivity index (χ0n) is 15.7. The molecule has 0 radical (unpaired) electrons. The first-order valence-corrected chi connectivity index (χ1v) is 9.35. The average Bonchev–Trinajstić information content (AvgIpc) is 2.64. The van der Waals surface area contributed by atoms with Gasteiger partial charge in [0.15, 0.2) is 0 Å². The second-order valence-corrected chi connectivity index (χ2v) is 7.67. The van der Waals surface area contributed by atoms with Gasteiger partial charge in [-0.25, -0.2) is 13.6 Å². The van der Waals surface area contributed by atoms with Crippen LogP contribution in [0.2, 0.25) is 5.02 Å². The Morgan fingerprint density at radius 3 is 2.50 bits per heavy atom. The van der Waals surface area contributed by atoms with E-state index in [2.05, 4.69) is 0 Å². The van der Waals surface area contributed by atoms with Crippen molar-refractivity contribution in [2.45, 2.75) is 13.0 Å². The highest BCUT2D eigenvalue weighted by atomic mass is 35.5. The third-order valence-corrected chi connectivity index (χ3v) is 5.55. The number of benzene rings is 2. The molecule has 5 N–H and O–H groups in total. The van der Waals surface area contributed by atoms with E-state index in [0.29, 0.717) is 24.3 Å². The Balaban J connectivity index is 2.14. The number of rotatable bonds is 3. The Morgan fingerprint density at radius 2 is 1.90 bits per heavy atom. The number of anilines is 2. The number of hydrogen-bond acceptors (Lipinski definition) is 5. The number of aromatic nitrogens is 1. The number of carboxylic acid groups (broad SMARTS) is 1. The molecule has 3 aromatic rings. The number of carbonyl (C=O) groups is 1. The van der Waals surface area contributed by atoms with Gasteiger partial charge in [0, 0.05) is 25.3 Å². The summed E-state index contributed by atoms with van der Waals surface area (Å²) < 4.78 is 30.1. The molecule has 1 aromatic heterocycles. The second-order valence-electron chi connectivity index (χ2n) is 7.29. The van der Waals surface area contributed by atoms with Crippen LogP contribution in [0, 0.1) is 18.6 Å². The van der Waals surface area contributed by atoms with Crippen LogP contribution in [0.5, 0.6) is 0 Å². The molecule has 1 aliphatic rings. The number of hydrogen-bond donors (Lipinski definition) is 3. The summed E-state index contributed by atoms with van der Waals surface area (Å²) in [5.41, 5.74) is 10.7. The molecule has 2 aromatic carbocycles.